The minimum Gasteiger partial charge on any atom is -0.285 e. The first-order valence-electron chi connectivity index (χ1n) is 7.26. The van der Waals surface area contributed by atoms with E-state index in [0.717, 1.165) is 6.54 Å². The molecule has 0 aliphatic carbocycles. The molecule has 0 saturated carbocycles. The Labute approximate surface area is 119 Å². The first kappa shape index (κ1) is 14.4. The molecule has 102 valence electrons. The molecule has 0 N–H and O–H groups in total. The zero-order valence-electron chi connectivity index (χ0n) is 12.6. The highest BCUT2D eigenvalue weighted by atomic mass is 28.3. The van der Waals surface area contributed by atoms with E-state index in [1.807, 2.05) is 0 Å². The van der Waals surface area contributed by atoms with Gasteiger partial charge < -0.3 is 0 Å². The maximum Gasteiger partial charge on any atom is 0.129 e. The average molecular weight is 271 g/mol. The lowest BCUT2D eigenvalue weighted by atomic mass is 10.0. The Kier molecular flexibility index (Phi) is 4.49. The highest BCUT2D eigenvalue weighted by Gasteiger charge is 2.29. The lowest BCUT2D eigenvalue weighted by Gasteiger charge is -2.23. The largest absolute Gasteiger partial charge is 0.285 e. The van der Waals surface area contributed by atoms with Crippen molar-refractivity contribution in [2.75, 3.05) is 6.54 Å². The van der Waals surface area contributed by atoms with Crippen LogP contribution in [0.1, 0.15) is 18.9 Å². The van der Waals surface area contributed by atoms with E-state index in [4.69, 9.17) is 0 Å². The molecule has 1 aliphatic heterocycles. The topological polar surface area (TPSA) is 3.24 Å². The predicted molar refractivity (Wildman–Crippen MR) is 85.5 cm³/mol. The van der Waals surface area contributed by atoms with Gasteiger partial charge in [0.2, 0.25) is 0 Å². The van der Waals surface area contributed by atoms with Gasteiger partial charge >= 0.3 is 0 Å². The van der Waals surface area contributed by atoms with Crippen molar-refractivity contribution in [2.24, 2.45) is 5.92 Å². The van der Waals surface area contributed by atoms with Crippen LogP contribution in [0.15, 0.2) is 30.3 Å². The van der Waals surface area contributed by atoms with E-state index in [1.165, 1.54) is 18.5 Å². The van der Waals surface area contributed by atoms with Crippen molar-refractivity contribution < 1.29 is 0 Å². The molecule has 2 rings (SSSR count). The predicted octanol–water partition coefficient (Wildman–Crippen LogP) is 3.78. The molecule has 0 aromatic heterocycles. The summed E-state index contributed by atoms with van der Waals surface area (Å²) in [7, 11) is -1.26. The SMILES string of the molecule is C[C@@H]1CCN(Cc2ccccc2)[C@@H]1C#C[Si](C)(C)C. The van der Waals surface area contributed by atoms with Crippen LogP contribution in [-0.2, 0) is 6.54 Å². The van der Waals surface area contributed by atoms with Crippen LogP contribution in [0.3, 0.4) is 0 Å². The van der Waals surface area contributed by atoms with Gasteiger partial charge in [-0.3, -0.25) is 4.90 Å². The fourth-order valence-corrected chi connectivity index (χ4v) is 3.13. The van der Waals surface area contributed by atoms with Gasteiger partial charge in [0, 0.05) is 13.1 Å². The minimum atomic E-state index is -1.26. The van der Waals surface area contributed by atoms with Crippen LogP contribution in [0, 0.1) is 17.4 Å². The van der Waals surface area contributed by atoms with Gasteiger partial charge in [0.25, 0.3) is 0 Å². The summed E-state index contributed by atoms with van der Waals surface area (Å²) < 4.78 is 0. The van der Waals surface area contributed by atoms with Crippen molar-refractivity contribution in [3.8, 4) is 11.5 Å². The van der Waals surface area contributed by atoms with Gasteiger partial charge in [0.1, 0.15) is 8.07 Å². The quantitative estimate of drug-likeness (QED) is 0.584. The van der Waals surface area contributed by atoms with Gasteiger partial charge in [-0.05, 0) is 17.9 Å². The molecule has 1 saturated heterocycles. The summed E-state index contributed by atoms with van der Waals surface area (Å²) in [6.45, 7) is 11.5. The number of nitrogens with zero attached hydrogens (tertiary/aromatic N) is 1. The van der Waals surface area contributed by atoms with Crippen molar-refractivity contribution in [2.45, 2.75) is 45.6 Å². The molecule has 1 heterocycles. The van der Waals surface area contributed by atoms with Gasteiger partial charge in [0.15, 0.2) is 0 Å². The molecule has 0 spiro atoms. The average Bonchev–Trinajstić information content (AvgIpc) is 2.68. The highest BCUT2D eigenvalue weighted by molar-refractivity contribution is 6.83. The molecule has 1 aromatic rings. The second-order valence-electron chi connectivity index (χ2n) is 6.69. The molecular formula is C17H25NSi. The van der Waals surface area contributed by atoms with E-state index in [9.17, 15) is 0 Å². The number of hydrogen-bond acceptors (Lipinski definition) is 1. The second-order valence-corrected chi connectivity index (χ2v) is 11.4. The summed E-state index contributed by atoms with van der Waals surface area (Å²) >= 11 is 0. The lowest BCUT2D eigenvalue weighted by molar-refractivity contribution is 0.270. The smallest absolute Gasteiger partial charge is 0.129 e. The Morgan fingerprint density at radius 1 is 1.21 bits per heavy atom. The van der Waals surface area contributed by atoms with Crippen LogP contribution in [0.4, 0.5) is 0 Å². The van der Waals surface area contributed by atoms with Crippen LogP contribution in [0.2, 0.25) is 19.6 Å². The Bertz CT molecular complexity index is 464. The summed E-state index contributed by atoms with van der Waals surface area (Å²) in [5, 5.41) is 0. The zero-order chi connectivity index (χ0) is 13.9. The molecule has 0 bridgehead atoms. The molecule has 1 aromatic carbocycles. The molecule has 2 atom stereocenters. The number of benzene rings is 1. The maximum atomic E-state index is 3.58. The molecule has 1 nitrogen and oxygen atoms in total. The normalized spacial score (nSPS) is 24.0. The van der Waals surface area contributed by atoms with E-state index in [2.05, 4.69) is 73.3 Å². The monoisotopic (exact) mass is 271 g/mol. The van der Waals surface area contributed by atoms with Crippen LogP contribution in [-0.4, -0.2) is 25.6 Å². The second kappa shape index (κ2) is 5.94. The summed E-state index contributed by atoms with van der Waals surface area (Å²) in [6.07, 6.45) is 1.28. The number of hydrogen-bond donors (Lipinski definition) is 0. The van der Waals surface area contributed by atoms with Crippen molar-refractivity contribution in [1.82, 2.24) is 4.90 Å². The third kappa shape index (κ3) is 4.23. The van der Waals surface area contributed by atoms with E-state index in [0.29, 0.717) is 12.0 Å². The molecule has 19 heavy (non-hydrogen) atoms. The maximum absolute atomic E-state index is 3.58. The van der Waals surface area contributed by atoms with E-state index in [1.54, 1.807) is 0 Å². The van der Waals surface area contributed by atoms with Crippen LogP contribution < -0.4 is 0 Å². The van der Waals surface area contributed by atoms with Gasteiger partial charge in [-0.25, -0.2) is 0 Å². The van der Waals surface area contributed by atoms with Crippen LogP contribution in [0.25, 0.3) is 0 Å². The lowest BCUT2D eigenvalue weighted by Crippen LogP contribution is -2.31. The van der Waals surface area contributed by atoms with E-state index in [-0.39, 0.29) is 0 Å². The third-order valence-electron chi connectivity index (χ3n) is 3.63. The van der Waals surface area contributed by atoms with Crippen molar-refractivity contribution >= 4 is 8.07 Å². The zero-order valence-corrected chi connectivity index (χ0v) is 13.6. The van der Waals surface area contributed by atoms with Gasteiger partial charge in [-0.15, -0.1) is 5.54 Å². The Morgan fingerprint density at radius 2 is 1.89 bits per heavy atom. The first-order valence-corrected chi connectivity index (χ1v) is 10.8. The van der Waals surface area contributed by atoms with E-state index < -0.39 is 8.07 Å². The van der Waals surface area contributed by atoms with Gasteiger partial charge in [-0.1, -0.05) is 62.8 Å². The fourth-order valence-electron chi connectivity index (χ4n) is 2.55. The van der Waals surface area contributed by atoms with Crippen molar-refractivity contribution in [3.63, 3.8) is 0 Å². The summed E-state index contributed by atoms with van der Waals surface area (Å²) in [6, 6.07) is 11.2. The fraction of sp³-hybridized carbons (Fsp3) is 0.529. The van der Waals surface area contributed by atoms with E-state index >= 15 is 0 Å². The molecule has 2 heteroatoms. The standard InChI is InChI=1S/C17H25NSi/c1-15-10-12-18(14-16-8-6-5-7-9-16)17(15)11-13-19(2,3)4/h5-9,15,17H,10,12,14H2,1-4H3/t15-,17-/m1/s1. The summed E-state index contributed by atoms with van der Waals surface area (Å²) in [5.41, 5.74) is 4.96. The molecule has 0 amide bonds. The molecular weight excluding hydrogens is 246 g/mol. The number of rotatable bonds is 2. The van der Waals surface area contributed by atoms with Crippen LogP contribution in [0.5, 0.6) is 0 Å². The Balaban J connectivity index is 2.09. The molecule has 1 aliphatic rings. The number of likely N-dealkylation sites (tertiary alicyclic amines) is 1. The summed E-state index contributed by atoms with van der Waals surface area (Å²) in [4.78, 5) is 2.55. The summed E-state index contributed by atoms with van der Waals surface area (Å²) in [5.74, 6) is 4.28. The molecule has 0 radical (unpaired) electrons. The van der Waals surface area contributed by atoms with Gasteiger partial charge in [-0.2, -0.15) is 0 Å². The highest BCUT2D eigenvalue weighted by Crippen LogP contribution is 2.25. The molecule has 1 fully saturated rings. The molecule has 0 unspecified atom stereocenters. The Hall–Kier alpha value is -1.04. The minimum absolute atomic E-state index is 0.451. The van der Waals surface area contributed by atoms with Crippen molar-refractivity contribution in [1.29, 1.82) is 0 Å². The van der Waals surface area contributed by atoms with Crippen LogP contribution >= 0.6 is 0 Å². The van der Waals surface area contributed by atoms with Gasteiger partial charge in [0.05, 0.1) is 6.04 Å². The first-order chi connectivity index (χ1) is 8.96. The third-order valence-corrected chi connectivity index (χ3v) is 4.52. The Morgan fingerprint density at radius 3 is 2.53 bits per heavy atom. The van der Waals surface area contributed by atoms with Crippen molar-refractivity contribution in [3.05, 3.63) is 35.9 Å².